The molecule has 0 aliphatic heterocycles. The number of hydrogen-bond acceptors (Lipinski definition) is 7. The number of hydrogen-bond donors (Lipinski definition) is 2. The van der Waals surface area contributed by atoms with Crippen molar-refractivity contribution in [1.29, 1.82) is 0 Å². The molecule has 0 saturated heterocycles. The lowest BCUT2D eigenvalue weighted by molar-refractivity contribution is 0.101. The van der Waals surface area contributed by atoms with Crippen LogP contribution < -0.4 is 10.6 Å². The molecule has 2 N–H and O–H groups in total. The molecule has 5 rings (SSSR count). The van der Waals surface area contributed by atoms with Crippen LogP contribution >= 0.6 is 11.6 Å². The summed E-state index contributed by atoms with van der Waals surface area (Å²) in [6, 6.07) is 13.3. The number of amides is 1. The highest BCUT2D eigenvalue weighted by molar-refractivity contribution is 6.30. The molecule has 0 spiro atoms. The van der Waals surface area contributed by atoms with Gasteiger partial charge in [0.2, 0.25) is 5.82 Å². The molecule has 0 aliphatic rings. The van der Waals surface area contributed by atoms with Crippen molar-refractivity contribution in [3.63, 3.8) is 0 Å². The number of nitrogens with one attached hydrogen (secondary N) is 2. The summed E-state index contributed by atoms with van der Waals surface area (Å²) in [6.07, 6.45) is 3.26. The second-order valence-corrected chi connectivity index (χ2v) is 8.60. The number of rotatable bonds is 6. The minimum Gasteiger partial charge on any atom is -0.365 e. The number of aromatic nitrogens is 5. The van der Waals surface area contributed by atoms with Crippen molar-refractivity contribution in [3.8, 4) is 11.1 Å². The average molecular weight is 488 g/mol. The van der Waals surface area contributed by atoms with E-state index in [1.165, 1.54) is 0 Å². The van der Waals surface area contributed by atoms with Gasteiger partial charge in [0, 0.05) is 35.8 Å². The number of fused-ring (bicyclic) bond motifs is 1. The Hall–Kier alpha value is -4.24. The van der Waals surface area contributed by atoms with Gasteiger partial charge >= 0.3 is 0 Å². The van der Waals surface area contributed by atoms with Gasteiger partial charge in [-0.15, -0.1) is 0 Å². The van der Waals surface area contributed by atoms with E-state index in [1.54, 1.807) is 24.1 Å². The lowest BCUT2D eigenvalue weighted by Gasteiger charge is -2.12. The lowest BCUT2D eigenvalue weighted by Crippen LogP contribution is -2.17. The molecule has 0 saturated carbocycles. The number of anilines is 2. The Morgan fingerprint density at radius 1 is 1.14 bits per heavy atom. The van der Waals surface area contributed by atoms with Crippen molar-refractivity contribution in [2.45, 2.75) is 20.4 Å². The zero-order chi connectivity index (χ0) is 24.5. The zero-order valence-corrected chi connectivity index (χ0v) is 20.1. The van der Waals surface area contributed by atoms with Crippen LogP contribution in [0.3, 0.4) is 0 Å². The monoisotopic (exact) mass is 487 g/mol. The summed E-state index contributed by atoms with van der Waals surface area (Å²) >= 11 is 6.15. The number of carbonyl (C=O) groups is 1. The van der Waals surface area contributed by atoms with Gasteiger partial charge < -0.3 is 15.2 Å². The summed E-state index contributed by atoms with van der Waals surface area (Å²) in [4.78, 5) is 22.0. The summed E-state index contributed by atoms with van der Waals surface area (Å²) in [5.41, 5.74) is 4.81. The minimum absolute atomic E-state index is 0.0417. The summed E-state index contributed by atoms with van der Waals surface area (Å²) in [7, 11) is 1.77. The van der Waals surface area contributed by atoms with E-state index >= 15 is 0 Å². The van der Waals surface area contributed by atoms with Crippen molar-refractivity contribution in [1.82, 2.24) is 24.9 Å². The van der Waals surface area contributed by atoms with E-state index in [9.17, 15) is 4.79 Å². The molecule has 0 unspecified atom stereocenters. The van der Waals surface area contributed by atoms with E-state index in [1.807, 2.05) is 56.3 Å². The smallest absolute Gasteiger partial charge is 0.293 e. The molecule has 9 nitrogen and oxygen atoms in total. The molecule has 0 radical (unpaired) electrons. The van der Waals surface area contributed by atoms with E-state index < -0.39 is 5.91 Å². The van der Waals surface area contributed by atoms with Crippen LogP contribution in [0.4, 0.5) is 11.5 Å². The summed E-state index contributed by atoms with van der Waals surface area (Å²) in [6.45, 7) is 4.24. The fourth-order valence-corrected chi connectivity index (χ4v) is 4.13. The third-order valence-electron chi connectivity index (χ3n) is 5.53. The quantitative estimate of drug-likeness (QED) is 0.340. The van der Waals surface area contributed by atoms with Gasteiger partial charge in [-0.25, -0.2) is 9.97 Å². The normalized spacial score (nSPS) is 11.1. The molecule has 0 atom stereocenters. The van der Waals surface area contributed by atoms with Gasteiger partial charge in [0.1, 0.15) is 11.6 Å². The van der Waals surface area contributed by atoms with Crippen LogP contribution in [0.25, 0.3) is 22.0 Å². The van der Waals surface area contributed by atoms with Gasteiger partial charge in [0.15, 0.2) is 0 Å². The van der Waals surface area contributed by atoms with Gasteiger partial charge in [0.05, 0.1) is 23.1 Å². The number of aryl methyl sites for hydroxylation is 3. The molecular formula is C25H22ClN7O2. The Balaban J connectivity index is 1.56. The van der Waals surface area contributed by atoms with Gasteiger partial charge in [-0.1, -0.05) is 35.0 Å². The maximum atomic E-state index is 12.9. The van der Waals surface area contributed by atoms with Crippen LogP contribution in [-0.4, -0.2) is 30.8 Å². The topological polar surface area (TPSA) is 111 Å². The maximum Gasteiger partial charge on any atom is 0.293 e. The lowest BCUT2D eigenvalue weighted by atomic mass is 10.0. The van der Waals surface area contributed by atoms with Crippen LogP contribution in [-0.2, 0) is 13.6 Å². The van der Waals surface area contributed by atoms with Gasteiger partial charge in [-0.3, -0.25) is 9.48 Å². The van der Waals surface area contributed by atoms with E-state index in [4.69, 9.17) is 16.1 Å². The predicted molar refractivity (Wildman–Crippen MR) is 134 cm³/mol. The van der Waals surface area contributed by atoms with Crippen LogP contribution in [0.15, 0.2) is 59.4 Å². The van der Waals surface area contributed by atoms with Gasteiger partial charge in [-0.2, -0.15) is 5.10 Å². The Bertz CT molecular complexity index is 1540. The van der Waals surface area contributed by atoms with E-state index in [-0.39, 0.29) is 5.82 Å². The highest BCUT2D eigenvalue weighted by Gasteiger charge is 2.18. The molecule has 2 aromatic carbocycles. The fourth-order valence-electron chi connectivity index (χ4n) is 3.92. The van der Waals surface area contributed by atoms with Crippen molar-refractivity contribution in [2.24, 2.45) is 7.05 Å². The van der Waals surface area contributed by atoms with Gasteiger partial charge in [0.25, 0.3) is 5.91 Å². The fraction of sp³-hybridized carbons (Fsp3) is 0.160. The number of carbonyl (C=O) groups excluding carboxylic acids is 1. The van der Waals surface area contributed by atoms with Crippen molar-refractivity contribution in [3.05, 3.63) is 82.7 Å². The maximum absolute atomic E-state index is 12.9. The first-order valence-electron chi connectivity index (χ1n) is 10.9. The van der Waals surface area contributed by atoms with Crippen LogP contribution in [0.5, 0.6) is 0 Å². The summed E-state index contributed by atoms with van der Waals surface area (Å²) < 4.78 is 6.95. The standard InChI is InChI=1S/C25H22ClN7O2/c1-14-22(15(2)35-32-14)17-7-8-21-20(10-17)23(27-11-16-5-4-6-18(26)9-16)31-24(30-21)25(34)29-19-12-28-33(3)13-19/h4-10,12-13H,11H2,1-3H3,(H,29,34)(H,27,30,31). The van der Waals surface area contributed by atoms with E-state index in [0.29, 0.717) is 28.6 Å². The summed E-state index contributed by atoms with van der Waals surface area (Å²) in [5.74, 6) is 0.865. The van der Waals surface area contributed by atoms with Crippen LogP contribution in [0.2, 0.25) is 5.02 Å². The number of benzene rings is 2. The molecule has 0 bridgehead atoms. The number of halogens is 1. The third-order valence-corrected chi connectivity index (χ3v) is 5.77. The molecule has 0 fully saturated rings. The second-order valence-electron chi connectivity index (χ2n) is 8.17. The molecule has 5 aromatic rings. The summed E-state index contributed by atoms with van der Waals surface area (Å²) in [5, 5.41) is 15.7. The van der Waals surface area contributed by atoms with Crippen molar-refractivity contribution >= 4 is 39.9 Å². The Morgan fingerprint density at radius 3 is 2.71 bits per heavy atom. The molecular weight excluding hydrogens is 466 g/mol. The first-order valence-corrected chi connectivity index (χ1v) is 11.3. The molecule has 176 valence electrons. The van der Waals surface area contributed by atoms with E-state index in [0.717, 1.165) is 33.5 Å². The molecule has 3 heterocycles. The van der Waals surface area contributed by atoms with Gasteiger partial charge in [-0.05, 0) is 49.2 Å². The zero-order valence-electron chi connectivity index (χ0n) is 19.3. The molecule has 3 aromatic heterocycles. The third kappa shape index (κ3) is 4.71. The first kappa shape index (κ1) is 22.5. The van der Waals surface area contributed by atoms with Crippen LogP contribution in [0, 0.1) is 13.8 Å². The Morgan fingerprint density at radius 2 is 2.00 bits per heavy atom. The molecule has 10 heteroatoms. The van der Waals surface area contributed by atoms with Crippen molar-refractivity contribution < 1.29 is 9.32 Å². The predicted octanol–water partition coefficient (Wildman–Crippen LogP) is 5.15. The minimum atomic E-state index is -0.430. The van der Waals surface area contributed by atoms with Crippen LogP contribution in [0.1, 0.15) is 27.6 Å². The van der Waals surface area contributed by atoms with E-state index in [2.05, 4.69) is 30.9 Å². The highest BCUT2D eigenvalue weighted by atomic mass is 35.5. The molecule has 1 amide bonds. The SMILES string of the molecule is Cc1noc(C)c1-c1ccc2nc(C(=O)Nc3cnn(C)c3)nc(NCc3cccc(Cl)c3)c2c1. The Kier molecular flexibility index (Phi) is 5.92. The second kappa shape index (κ2) is 9.19. The molecule has 35 heavy (non-hydrogen) atoms. The largest absolute Gasteiger partial charge is 0.365 e. The number of nitrogens with zero attached hydrogens (tertiary/aromatic N) is 5. The Labute approximate surface area is 206 Å². The average Bonchev–Trinajstić information content (AvgIpc) is 3.40. The van der Waals surface area contributed by atoms with Crippen molar-refractivity contribution in [2.75, 3.05) is 10.6 Å². The highest BCUT2D eigenvalue weighted by Crippen LogP contribution is 2.31. The first-order chi connectivity index (χ1) is 16.9. The molecule has 0 aliphatic carbocycles.